The molecule has 0 bridgehead atoms. The van der Waals surface area contributed by atoms with E-state index in [0.717, 1.165) is 42.9 Å². The van der Waals surface area contributed by atoms with Gasteiger partial charge < -0.3 is 15.0 Å². The monoisotopic (exact) mass is 381 g/mol. The zero-order valence-corrected chi connectivity index (χ0v) is 16.9. The maximum Gasteiger partial charge on any atom is 0.234 e. The number of para-hydroxylation sites is 1. The molecule has 1 atom stereocenters. The lowest BCUT2D eigenvalue weighted by Gasteiger charge is -2.32. The third kappa shape index (κ3) is 6.27. The number of amides is 1. The SMILES string of the molecule is CN(C)c1ccc(CNC(=O)CN2CCCC(COc3ccccc3)C2)cc1. The van der Waals surface area contributed by atoms with E-state index in [1.807, 2.05) is 44.4 Å². The van der Waals surface area contributed by atoms with Gasteiger partial charge in [0, 0.05) is 38.8 Å². The summed E-state index contributed by atoms with van der Waals surface area (Å²) in [5, 5.41) is 3.04. The largest absolute Gasteiger partial charge is 0.493 e. The minimum atomic E-state index is 0.0845. The maximum atomic E-state index is 12.4. The highest BCUT2D eigenvalue weighted by molar-refractivity contribution is 5.78. The van der Waals surface area contributed by atoms with Crippen LogP contribution in [0.2, 0.25) is 0 Å². The summed E-state index contributed by atoms with van der Waals surface area (Å²) in [6.45, 7) is 3.63. The number of hydrogen-bond acceptors (Lipinski definition) is 4. The lowest BCUT2D eigenvalue weighted by atomic mass is 9.99. The fourth-order valence-corrected chi connectivity index (χ4v) is 3.53. The molecule has 1 aliphatic heterocycles. The Morgan fingerprint density at radius 1 is 1.14 bits per heavy atom. The van der Waals surface area contributed by atoms with Crippen LogP contribution in [0.15, 0.2) is 54.6 Å². The molecule has 0 saturated carbocycles. The van der Waals surface area contributed by atoms with Crippen LogP contribution in [0, 0.1) is 5.92 Å². The molecule has 0 radical (unpaired) electrons. The Bertz CT molecular complexity index is 731. The molecule has 0 aliphatic carbocycles. The summed E-state index contributed by atoms with van der Waals surface area (Å²) in [5.41, 5.74) is 2.28. The van der Waals surface area contributed by atoms with Crippen molar-refractivity contribution >= 4 is 11.6 Å². The molecule has 2 aromatic rings. The second kappa shape index (κ2) is 10.1. The second-order valence-electron chi connectivity index (χ2n) is 7.71. The van der Waals surface area contributed by atoms with Gasteiger partial charge in [-0.1, -0.05) is 30.3 Å². The molecule has 1 aliphatic rings. The predicted octanol–water partition coefficient (Wildman–Crippen LogP) is 3.16. The van der Waals surface area contributed by atoms with Crippen LogP contribution < -0.4 is 15.0 Å². The first kappa shape index (κ1) is 20.2. The molecular weight excluding hydrogens is 350 g/mol. The lowest BCUT2D eigenvalue weighted by Crippen LogP contribution is -2.43. The Hall–Kier alpha value is -2.53. The molecule has 28 heavy (non-hydrogen) atoms. The highest BCUT2D eigenvalue weighted by Gasteiger charge is 2.22. The highest BCUT2D eigenvalue weighted by Crippen LogP contribution is 2.18. The number of anilines is 1. The third-order valence-electron chi connectivity index (χ3n) is 5.14. The zero-order chi connectivity index (χ0) is 19.8. The first-order chi connectivity index (χ1) is 13.6. The second-order valence-corrected chi connectivity index (χ2v) is 7.71. The smallest absolute Gasteiger partial charge is 0.234 e. The van der Waals surface area contributed by atoms with Gasteiger partial charge in [0.25, 0.3) is 0 Å². The molecule has 5 heteroatoms. The van der Waals surface area contributed by atoms with Crippen molar-refractivity contribution in [1.29, 1.82) is 0 Å². The molecule has 3 rings (SSSR count). The van der Waals surface area contributed by atoms with E-state index in [4.69, 9.17) is 4.74 Å². The van der Waals surface area contributed by atoms with Crippen LogP contribution in [0.4, 0.5) is 5.69 Å². The number of likely N-dealkylation sites (tertiary alicyclic amines) is 1. The van der Waals surface area contributed by atoms with E-state index >= 15 is 0 Å². The summed E-state index contributed by atoms with van der Waals surface area (Å²) in [5.74, 6) is 1.47. The Balaban J connectivity index is 1.39. The van der Waals surface area contributed by atoms with Crippen molar-refractivity contribution in [3.63, 3.8) is 0 Å². The Labute approximate surface area is 168 Å². The minimum absolute atomic E-state index is 0.0845. The number of carbonyl (C=O) groups excluding carboxylic acids is 1. The molecule has 0 spiro atoms. The number of rotatable bonds is 8. The lowest BCUT2D eigenvalue weighted by molar-refractivity contribution is -0.122. The van der Waals surface area contributed by atoms with E-state index < -0.39 is 0 Å². The third-order valence-corrected chi connectivity index (χ3v) is 5.14. The number of benzene rings is 2. The summed E-state index contributed by atoms with van der Waals surface area (Å²) < 4.78 is 5.90. The van der Waals surface area contributed by atoms with Gasteiger partial charge in [0.1, 0.15) is 5.75 Å². The topological polar surface area (TPSA) is 44.8 Å². The van der Waals surface area contributed by atoms with Crippen LogP contribution >= 0.6 is 0 Å². The van der Waals surface area contributed by atoms with E-state index in [0.29, 0.717) is 25.6 Å². The van der Waals surface area contributed by atoms with Gasteiger partial charge in [0.05, 0.1) is 13.2 Å². The highest BCUT2D eigenvalue weighted by atomic mass is 16.5. The summed E-state index contributed by atoms with van der Waals surface area (Å²) in [6, 6.07) is 18.2. The molecule has 5 nitrogen and oxygen atoms in total. The Kier molecular flexibility index (Phi) is 7.31. The van der Waals surface area contributed by atoms with Crippen LogP contribution in [0.3, 0.4) is 0 Å². The molecule has 1 saturated heterocycles. The number of hydrogen-bond donors (Lipinski definition) is 1. The summed E-state index contributed by atoms with van der Waals surface area (Å²) in [6.07, 6.45) is 2.27. The molecule has 1 unspecified atom stereocenters. The molecule has 150 valence electrons. The molecule has 1 fully saturated rings. The Morgan fingerprint density at radius 2 is 1.89 bits per heavy atom. The number of carbonyl (C=O) groups is 1. The fraction of sp³-hybridized carbons (Fsp3) is 0.435. The first-order valence-corrected chi connectivity index (χ1v) is 10.0. The molecule has 1 amide bonds. The van der Waals surface area contributed by atoms with Crippen molar-refractivity contribution in [3.05, 3.63) is 60.2 Å². The number of piperidine rings is 1. The summed E-state index contributed by atoms with van der Waals surface area (Å²) in [4.78, 5) is 16.7. The summed E-state index contributed by atoms with van der Waals surface area (Å²) in [7, 11) is 4.04. The standard InChI is InChI=1S/C23H31N3O2/c1-25(2)21-12-10-19(11-13-21)15-24-23(27)17-26-14-6-7-20(16-26)18-28-22-8-4-3-5-9-22/h3-5,8-13,20H,6-7,14-18H2,1-2H3,(H,24,27). The molecule has 2 aromatic carbocycles. The van der Waals surface area contributed by atoms with Crippen molar-refractivity contribution in [2.45, 2.75) is 19.4 Å². The Morgan fingerprint density at radius 3 is 2.61 bits per heavy atom. The van der Waals surface area contributed by atoms with Crippen LogP contribution in [0.25, 0.3) is 0 Å². The number of nitrogens with one attached hydrogen (secondary N) is 1. The molecule has 1 N–H and O–H groups in total. The minimum Gasteiger partial charge on any atom is -0.493 e. The fourth-order valence-electron chi connectivity index (χ4n) is 3.53. The predicted molar refractivity (Wildman–Crippen MR) is 114 cm³/mol. The zero-order valence-electron chi connectivity index (χ0n) is 16.9. The van der Waals surface area contributed by atoms with Crippen LogP contribution in [-0.4, -0.2) is 51.1 Å². The van der Waals surface area contributed by atoms with Gasteiger partial charge >= 0.3 is 0 Å². The summed E-state index contributed by atoms with van der Waals surface area (Å²) >= 11 is 0. The van der Waals surface area contributed by atoms with Gasteiger partial charge in [-0.15, -0.1) is 0 Å². The normalized spacial score (nSPS) is 17.1. The van der Waals surface area contributed by atoms with E-state index in [1.165, 1.54) is 0 Å². The molecular formula is C23H31N3O2. The van der Waals surface area contributed by atoms with Gasteiger partial charge in [0.15, 0.2) is 0 Å². The molecule has 1 heterocycles. The quantitative estimate of drug-likeness (QED) is 0.763. The van der Waals surface area contributed by atoms with E-state index in [-0.39, 0.29) is 5.91 Å². The van der Waals surface area contributed by atoms with Crippen LogP contribution in [0.5, 0.6) is 5.75 Å². The first-order valence-electron chi connectivity index (χ1n) is 10.0. The maximum absolute atomic E-state index is 12.4. The number of nitrogens with zero attached hydrogens (tertiary/aromatic N) is 2. The van der Waals surface area contributed by atoms with Crippen molar-refractivity contribution in [3.8, 4) is 5.75 Å². The van der Waals surface area contributed by atoms with Crippen molar-refractivity contribution in [2.24, 2.45) is 5.92 Å². The number of ether oxygens (including phenoxy) is 1. The van der Waals surface area contributed by atoms with Crippen molar-refractivity contribution in [1.82, 2.24) is 10.2 Å². The van der Waals surface area contributed by atoms with E-state index in [1.54, 1.807) is 0 Å². The molecule has 0 aromatic heterocycles. The van der Waals surface area contributed by atoms with Crippen molar-refractivity contribution in [2.75, 3.05) is 45.2 Å². The average Bonchev–Trinajstić information content (AvgIpc) is 2.72. The van der Waals surface area contributed by atoms with Gasteiger partial charge in [-0.2, -0.15) is 0 Å². The van der Waals surface area contributed by atoms with Crippen LogP contribution in [0.1, 0.15) is 18.4 Å². The van der Waals surface area contributed by atoms with Gasteiger partial charge in [0.2, 0.25) is 5.91 Å². The van der Waals surface area contributed by atoms with Crippen molar-refractivity contribution < 1.29 is 9.53 Å². The van der Waals surface area contributed by atoms with Crippen LogP contribution in [-0.2, 0) is 11.3 Å². The van der Waals surface area contributed by atoms with Gasteiger partial charge in [-0.05, 0) is 49.2 Å². The van der Waals surface area contributed by atoms with E-state index in [9.17, 15) is 4.79 Å². The van der Waals surface area contributed by atoms with Gasteiger partial charge in [-0.3, -0.25) is 9.69 Å². The van der Waals surface area contributed by atoms with E-state index in [2.05, 4.69) is 39.4 Å². The average molecular weight is 382 g/mol. The van der Waals surface area contributed by atoms with Gasteiger partial charge in [-0.25, -0.2) is 0 Å².